The molecule has 0 radical (unpaired) electrons. The van der Waals surface area contributed by atoms with E-state index in [4.69, 9.17) is 0 Å². The Hall–Kier alpha value is -1.49. The summed E-state index contributed by atoms with van der Waals surface area (Å²) in [6.07, 6.45) is 5.78. The molecule has 1 N–H and O–H groups in total. The van der Waals surface area contributed by atoms with Gasteiger partial charge in [0.25, 0.3) is 0 Å². The molecule has 1 heterocycles. The second-order valence-electron chi connectivity index (χ2n) is 6.32. The van der Waals surface area contributed by atoms with Gasteiger partial charge < -0.3 is 5.32 Å². The number of benzene rings is 1. The van der Waals surface area contributed by atoms with Crippen LogP contribution in [0.1, 0.15) is 32.1 Å². The van der Waals surface area contributed by atoms with Crippen molar-refractivity contribution in [1.82, 2.24) is 4.98 Å². The first-order valence-electron chi connectivity index (χ1n) is 7.53. The third kappa shape index (κ3) is 2.55. The Bertz CT molecular complexity index is 699. The molecule has 2 fully saturated rings. The van der Waals surface area contributed by atoms with Gasteiger partial charge in [0, 0.05) is 6.42 Å². The predicted octanol–water partition coefficient (Wildman–Crippen LogP) is 4.20. The van der Waals surface area contributed by atoms with Gasteiger partial charge in [-0.25, -0.2) is 9.37 Å². The minimum Gasteiger partial charge on any atom is -0.302 e. The third-order valence-corrected chi connectivity index (χ3v) is 5.86. The van der Waals surface area contributed by atoms with Crippen molar-refractivity contribution < 1.29 is 9.18 Å². The van der Waals surface area contributed by atoms with Gasteiger partial charge >= 0.3 is 0 Å². The summed E-state index contributed by atoms with van der Waals surface area (Å²) >= 11 is 1.33. The second-order valence-corrected chi connectivity index (χ2v) is 7.35. The van der Waals surface area contributed by atoms with Crippen LogP contribution in [0.15, 0.2) is 18.2 Å². The highest BCUT2D eigenvalue weighted by Gasteiger charge is 2.40. The average molecular weight is 304 g/mol. The lowest BCUT2D eigenvalue weighted by molar-refractivity contribution is -0.117. The standard InChI is InChI=1S/C16H17FN2OS/c17-12-3-4-13-14(8-12)21-16(18-13)19-15(20)7-11-6-9-1-2-10(11)5-9/h3-4,8-11H,1-2,5-7H2,(H,18,19,20). The summed E-state index contributed by atoms with van der Waals surface area (Å²) in [5.74, 6) is 1.94. The summed E-state index contributed by atoms with van der Waals surface area (Å²) in [6, 6.07) is 4.49. The second kappa shape index (κ2) is 5.05. The van der Waals surface area contributed by atoms with E-state index < -0.39 is 0 Å². The molecule has 2 saturated carbocycles. The van der Waals surface area contributed by atoms with Crippen molar-refractivity contribution in [1.29, 1.82) is 0 Å². The maximum Gasteiger partial charge on any atom is 0.226 e. The SMILES string of the molecule is O=C(CC1CC2CCC1C2)Nc1nc2ccc(F)cc2s1. The van der Waals surface area contributed by atoms with E-state index in [0.29, 0.717) is 17.5 Å². The summed E-state index contributed by atoms with van der Waals surface area (Å²) in [5.41, 5.74) is 0.733. The molecule has 3 atom stereocenters. The van der Waals surface area contributed by atoms with Crippen molar-refractivity contribution in [2.24, 2.45) is 17.8 Å². The van der Waals surface area contributed by atoms with Crippen molar-refractivity contribution in [3.05, 3.63) is 24.0 Å². The van der Waals surface area contributed by atoms with E-state index in [1.54, 1.807) is 6.07 Å². The van der Waals surface area contributed by atoms with Crippen LogP contribution in [0.25, 0.3) is 10.2 Å². The first-order chi connectivity index (χ1) is 10.2. The Morgan fingerprint density at radius 1 is 1.38 bits per heavy atom. The number of halogens is 1. The first-order valence-corrected chi connectivity index (χ1v) is 8.35. The van der Waals surface area contributed by atoms with Gasteiger partial charge in [-0.05, 0) is 55.2 Å². The lowest BCUT2D eigenvalue weighted by Gasteiger charge is -2.20. The Balaban J connectivity index is 1.43. The van der Waals surface area contributed by atoms with E-state index in [-0.39, 0.29) is 11.7 Å². The molecular weight excluding hydrogens is 287 g/mol. The number of fused-ring (bicyclic) bond motifs is 3. The molecule has 2 aliphatic carbocycles. The molecule has 2 aliphatic rings. The van der Waals surface area contributed by atoms with Crippen LogP contribution in [-0.2, 0) is 4.79 Å². The fourth-order valence-corrected chi connectivity index (χ4v) is 4.89. The molecule has 4 rings (SSSR count). The number of amides is 1. The van der Waals surface area contributed by atoms with Crippen molar-refractivity contribution in [3.63, 3.8) is 0 Å². The highest BCUT2D eigenvalue weighted by molar-refractivity contribution is 7.22. The van der Waals surface area contributed by atoms with E-state index in [1.807, 2.05) is 0 Å². The molecule has 0 saturated heterocycles. The van der Waals surface area contributed by atoms with E-state index in [0.717, 1.165) is 22.1 Å². The van der Waals surface area contributed by atoms with Crippen LogP contribution in [0, 0.1) is 23.6 Å². The quantitative estimate of drug-likeness (QED) is 0.923. The van der Waals surface area contributed by atoms with Crippen LogP contribution >= 0.6 is 11.3 Å². The molecule has 0 aliphatic heterocycles. The van der Waals surface area contributed by atoms with Gasteiger partial charge in [-0.3, -0.25) is 4.79 Å². The minimum absolute atomic E-state index is 0.0482. The molecule has 5 heteroatoms. The topological polar surface area (TPSA) is 42.0 Å². The Kier molecular flexibility index (Phi) is 3.17. The van der Waals surface area contributed by atoms with E-state index in [2.05, 4.69) is 10.3 Å². The number of hydrogen-bond acceptors (Lipinski definition) is 3. The zero-order valence-corrected chi connectivity index (χ0v) is 12.5. The molecule has 1 aromatic carbocycles. The van der Waals surface area contributed by atoms with Crippen molar-refractivity contribution in [3.8, 4) is 0 Å². The van der Waals surface area contributed by atoms with Crippen LogP contribution < -0.4 is 5.32 Å². The third-order valence-electron chi connectivity index (χ3n) is 4.93. The molecule has 2 bridgehead atoms. The van der Waals surface area contributed by atoms with Crippen molar-refractivity contribution in [2.45, 2.75) is 32.1 Å². The molecular formula is C16H17FN2OS. The maximum absolute atomic E-state index is 13.2. The highest BCUT2D eigenvalue weighted by atomic mass is 32.1. The minimum atomic E-state index is -0.272. The van der Waals surface area contributed by atoms with Crippen LogP contribution in [-0.4, -0.2) is 10.9 Å². The van der Waals surface area contributed by atoms with Crippen molar-refractivity contribution in [2.75, 3.05) is 5.32 Å². The maximum atomic E-state index is 13.2. The predicted molar refractivity (Wildman–Crippen MR) is 81.8 cm³/mol. The van der Waals surface area contributed by atoms with E-state index in [9.17, 15) is 9.18 Å². The average Bonchev–Trinajstić information content (AvgIpc) is 3.12. The largest absolute Gasteiger partial charge is 0.302 e. The van der Waals surface area contributed by atoms with Gasteiger partial charge in [-0.15, -0.1) is 0 Å². The van der Waals surface area contributed by atoms with Gasteiger partial charge in [0.15, 0.2) is 5.13 Å². The Morgan fingerprint density at radius 2 is 2.29 bits per heavy atom. The molecule has 3 nitrogen and oxygen atoms in total. The molecule has 110 valence electrons. The molecule has 1 amide bonds. The number of nitrogens with one attached hydrogen (secondary N) is 1. The number of aromatic nitrogens is 1. The van der Waals surface area contributed by atoms with Crippen LogP contribution in [0.4, 0.5) is 9.52 Å². The summed E-state index contributed by atoms with van der Waals surface area (Å²) in [4.78, 5) is 16.5. The van der Waals surface area contributed by atoms with Gasteiger partial charge in [-0.2, -0.15) is 0 Å². The first kappa shape index (κ1) is 13.2. The highest BCUT2D eigenvalue weighted by Crippen LogP contribution is 2.49. The molecule has 0 spiro atoms. The zero-order valence-electron chi connectivity index (χ0n) is 11.6. The van der Waals surface area contributed by atoms with Gasteiger partial charge in [-0.1, -0.05) is 17.8 Å². The number of carbonyl (C=O) groups is 1. The number of thiazole rings is 1. The molecule has 2 aromatic rings. The summed E-state index contributed by atoms with van der Waals surface area (Å²) in [6.45, 7) is 0. The zero-order chi connectivity index (χ0) is 14.4. The Morgan fingerprint density at radius 3 is 3.05 bits per heavy atom. The monoisotopic (exact) mass is 304 g/mol. The molecule has 21 heavy (non-hydrogen) atoms. The molecule has 1 aromatic heterocycles. The van der Waals surface area contributed by atoms with Crippen LogP contribution in [0.2, 0.25) is 0 Å². The summed E-state index contributed by atoms with van der Waals surface area (Å²) < 4.78 is 13.9. The van der Waals surface area contributed by atoms with Crippen LogP contribution in [0.3, 0.4) is 0 Å². The lowest BCUT2D eigenvalue weighted by Crippen LogP contribution is -2.20. The summed E-state index contributed by atoms with van der Waals surface area (Å²) in [7, 11) is 0. The summed E-state index contributed by atoms with van der Waals surface area (Å²) in [5, 5.41) is 3.46. The van der Waals surface area contributed by atoms with Gasteiger partial charge in [0.05, 0.1) is 10.2 Å². The fourth-order valence-electron chi connectivity index (χ4n) is 3.99. The number of anilines is 1. The smallest absolute Gasteiger partial charge is 0.226 e. The normalized spacial score (nSPS) is 27.4. The fraction of sp³-hybridized carbons (Fsp3) is 0.500. The lowest BCUT2D eigenvalue weighted by atomic mass is 9.86. The molecule has 3 unspecified atom stereocenters. The number of hydrogen-bond donors (Lipinski definition) is 1. The number of carbonyl (C=O) groups excluding carboxylic acids is 1. The van der Waals surface area contributed by atoms with Crippen LogP contribution in [0.5, 0.6) is 0 Å². The van der Waals surface area contributed by atoms with Gasteiger partial charge in [0.2, 0.25) is 5.91 Å². The van der Waals surface area contributed by atoms with Crippen molar-refractivity contribution >= 4 is 32.6 Å². The number of nitrogens with zero attached hydrogens (tertiary/aromatic N) is 1. The number of rotatable bonds is 3. The van der Waals surface area contributed by atoms with E-state index in [1.165, 1.54) is 49.2 Å². The van der Waals surface area contributed by atoms with E-state index >= 15 is 0 Å². The van der Waals surface area contributed by atoms with Gasteiger partial charge in [0.1, 0.15) is 5.82 Å². The Labute approximate surface area is 126 Å².